The smallest absolute Gasteiger partial charge is 0.343 e. The van der Waals surface area contributed by atoms with E-state index >= 15 is 0 Å². The lowest BCUT2D eigenvalue weighted by atomic mass is 9.90. The number of ether oxygens (including phenoxy) is 2. The number of nitrogens with zero attached hydrogens (tertiary/aromatic N) is 2. The van der Waals surface area contributed by atoms with E-state index in [-0.39, 0.29) is 11.7 Å². The Hall–Kier alpha value is -4.66. The van der Waals surface area contributed by atoms with Crippen LogP contribution in [0.3, 0.4) is 0 Å². The van der Waals surface area contributed by atoms with Crippen molar-refractivity contribution in [2.75, 3.05) is 17.1 Å². The largest absolute Gasteiger partial charge is 0.493 e. The first-order chi connectivity index (χ1) is 19.5. The Kier molecular flexibility index (Phi) is 6.71. The van der Waals surface area contributed by atoms with Crippen molar-refractivity contribution in [2.24, 2.45) is 5.92 Å². The number of rotatable bonds is 6. The summed E-state index contributed by atoms with van der Waals surface area (Å²) in [5.74, 6) is -1.70. The van der Waals surface area contributed by atoms with Gasteiger partial charge in [-0.1, -0.05) is 54.1 Å². The Morgan fingerprint density at radius 2 is 1.48 bits per heavy atom. The fourth-order valence-corrected chi connectivity index (χ4v) is 5.21. The quantitative estimate of drug-likeness (QED) is 0.174. The minimum Gasteiger partial charge on any atom is -0.493 e. The number of imide groups is 1. The number of hydrogen-bond donors (Lipinski definition) is 0. The Bertz CT molecular complexity index is 1580. The summed E-state index contributed by atoms with van der Waals surface area (Å²) < 4.78 is 11.2. The molecule has 40 heavy (non-hydrogen) atoms. The molecule has 200 valence electrons. The first-order valence-electron chi connectivity index (χ1n) is 12.6. The normalized spacial score (nSPS) is 20.0. The second-order valence-corrected chi connectivity index (χ2v) is 9.75. The molecule has 2 saturated heterocycles. The summed E-state index contributed by atoms with van der Waals surface area (Å²) in [6.45, 7) is 0. The van der Waals surface area contributed by atoms with Crippen LogP contribution in [-0.4, -0.2) is 31.0 Å². The maximum atomic E-state index is 13.8. The summed E-state index contributed by atoms with van der Waals surface area (Å²) in [5.41, 5.74) is 2.14. The number of esters is 1. The summed E-state index contributed by atoms with van der Waals surface area (Å²) in [4.78, 5) is 47.4. The minimum atomic E-state index is -1.03. The van der Waals surface area contributed by atoms with Gasteiger partial charge in [0.1, 0.15) is 5.92 Å². The van der Waals surface area contributed by atoms with Crippen LogP contribution in [0.25, 0.3) is 0 Å². The van der Waals surface area contributed by atoms with E-state index in [2.05, 4.69) is 0 Å². The van der Waals surface area contributed by atoms with Crippen molar-refractivity contribution in [3.63, 3.8) is 0 Å². The summed E-state index contributed by atoms with van der Waals surface area (Å²) in [6, 6.07) is 28.8. The van der Waals surface area contributed by atoms with Gasteiger partial charge in [0.2, 0.25) is 5.91 Å². The summed E-state index contributed by atoms with van der Waals surface area (Å²) in [6.07, 6.45) is -1.03. The fourth-order valence-electron chi connectivity index (χ4n) is 5.08. The maximum Gasteiger partial charge on any atom is 0.343 e. The number of hydroxylamine groups is 1. The van der Waals surface area contributed by atoms with Gasteiger partial charge in [0.25, 0.3) is 5.91 Å². The lowest BCUT2D eigenvalue weighted by molar-refractivity contribution is -0.126. The molecule has 0 radical (unpaired) electrons. The lowest BCUT2D eigenvalue weighted by Crippen LogP contribution is -2.37. The van der Waals surface area contributed by atoms with Gasteiger partial charge in [-0.15, -0.1) is 0 Å². The Morgan fingerprint density at radius 3 is 2.15 bits per heavy atom. The zero-order valence-electron chi connectivity index (χ0n) is 21.3. The molecule has 0 bridgehead atoms. The van der Waals surface area contributed by atoms with Crippen molar-refractivity contribution >= 4 is 40.8 Å². The topological polar surface area (TPSA) is 85.4 Å². The number of methoxy groups -OCH3 is 1. The summed E-state index contributed by atoms with van der Waals surface area (Å²) in [5, 5.41) is 2.09. The third-order valence-electron chi connectivity index (χ3n) is 6.95. The maximum absolute atomic E-state index is 13.8. The second-order valence-electron chi connectivity index (χ2n) is 9.31. The standard InChI is InChI=1S/C31H23ClN2O6/c1-38-25-18-20(12-17-24(25)39-31(37)19-8-4-2-5-9-19)27-26-28(40-34(27)23-10-6-3-7-11-23)30(36)33(29(26)35)22-15-13-21(32)14-16-22/h2-18,26-28H,1H3/t26-,27+,28-/m0/s1. The molecule has 6 rings (SSSR count). The molecular formula is C31H23ClN2O6. The molecule has 8 nitrogen and oxygen atoms in total. The molecule has 0 N–H and O–H groups in total. The number of carbonyl (C=O) groups excluding carboxylic acids is 3. The summed E-state index contributed by atoms with van der Waals surface area (Å²) >= 11 is 6.02. The van der Waals surface area contributed by atoms with Gasteiger partial charge in [-0.25, -0.2) is 14.8 Å². The molecular weight excluding hydrogens is 532 g/mol. The van der Waals surface area contributed by atoms with Crippen molar-refractivity contribution in [1.82, 2.24) is 0 Å². The van der Waals surface area contributed by atoms with Gasteiger partial charge in [-0.3, -0.25) is 14.4 Å². The van der Waals surface area contributed by atoms with Gasteiger partial charge in [0.15, 0.2) is 17.6 Å². The Labute approximate surface area is 235 Å². The van der Waals surface area contributed by atoms with Gasteiger partial charge >= 0.3 is 5.97 Å². The second kappa shape index (κ2) is 10.5. The summed E-state index contributed by atoms with van der Waals surface area (Å²) in [7, 11) is 1.47. The molecule has 0 saturated carbocycles. The fraction of sp³-hybridized carbons (Fsp3) is 0.129. The highest BCUT2D eigenvalue weighted by Crippen LogP contribution is 2.48. The van der Waals surface area contributed by atoms with E-state index < -0.39 is 29.9 Å². The van der Waals surface area contributed by atoms with E-state index in [1.54, 1.807) is 71.8 Å². The number of carbonyl (C=O) groups is 3. The van der Waals surface area contributed by atoms with Crippen molar-refractivity contribution in [3.05, 3.63) is 119 Å². The Balaban J connectivity index is 1.38. The number of halogens is 1. The van der Waals surface area contributed by atoms with Crippen molar-refractivity contribution < 1.29 is 28.7 Å². The predicted octanol–water partition coefficient (Wildman–Crippen LogP) is 5.62. The molecule has 9 heteroatoms. The van der Waals surface area contributed by atoms with Crippen LogP contribution in [-0.2, 0) is 14.4 Å². The van der Waals surface area contributed by atoms with Crippen LogP contribution in [0, 0.1) is 5.92 Å². The van der Waals surface area contributed by atoms with Crippen LogP contribution in [0.15, 0.2) is 103 Å². The number of hydrogen-bond acceptors (Lipinski definition) is 7. The molecule has 2 aliphatic heterocycles. The van der Waals surface area contributed by atoms with Crippen LogP contribution in [0.5, 0.6) is 11.5 Å². The van der Waals surface area contributed by atoms with E-state index in [1.807, 2.05) is 36.4 Å². The third kappa shape index (κ3) is 4.47. The molecule has 4 aromatic carbocycles. The number of amides is 2. The number of benzene rings is 4. The highest BCUT2D eigenvalue weighted by Gasteiger charge is 2.60. The highest BCUT2D eigenvalue weighted by molar-refractivity contribution is 6.31. The van der Waals surface area contributed by atoms with Gasteiger partial charge in [0.05, 0.1) is 30.1 Å². The van der Waals surface area contributed by atoms with Gasteiger partial charge in [-0.05, 0) is 66.2 Å². The molecule has 2 aliphatic rings. The van der Waals surface area contributed by atoms with Crippen molar-refractivity contribution in [2.45, 2.75) is 12.1 Å². The molecule has 2 fully saturated rings. The van der Waals surface area contributed by atoms with Crippen LogP contribution in [0.1, 0.15) is 22.0 Å². The SMILES string of the molecule is COc1cc([C@@H]2[C@@H]3C(=O)N(c4ccc(Cl)cc4)C(=O)[C@H]3ON2c2ccccc2)ccc1OC(=O)c1ccccc1. The van der Waals surface area contributed by atoms with Gasteiger partial charge in [-0.2, -0.15) is 0 Å². The molecule has 4 aromatic rings. The molecule has 0 aliphatic carbocycles. The predicted molar refractivity (Wildman–Crippen MR) is 148 cm³/mol. The zero-order valence-corrected chi connectivity index (χ0v) is 22.0. The van der Waals surface area contributed by atoms with Gasteiger partial charge < -0.3 is 9.47 Å². The Morgan fingerprint density at radius 1 is 0.800 bits per heavy atom. The molecule has 2 amide bonds. The van der Waals surface area contributed by atoms with E-state index in [9.17, 15) is 14.4 Å². The van der Waals surface area contributed by atoms with E-state index in [0.717, 1.165) is 4.90 Å². The van der Waals surface area contributed by atoms with Crippen molar-refractivity contribution in [3.8, 4) is 11.5 Å². The van der Waals surface area contributed by atoms with Crippen LogP contribution in [0.2, 0.25) is 5.02 Å². The first kappa shape index (κ1) is 25.6. The molecule has 3 atom stereocenters. The van der Waals surface area contributed by atoms with E-state index in [4.69, 9.17) is 25.9 Å². The molecule has 0 unspecified atom stereocenters. The van der Waals surface area contributed by atoms with Crippen molar-refractivity contribution in [1.29, 1.82) is 0 Å². The molecule has 0 aromatic heterocycles. The third-order valence-corrected chi connectivity index (χ3v) is 7.20. The number of para-hydroxylation sites is 1. The minimum absolute atomic E-state index is 0.221. The number of fused-ring (bicyclic) bond motifs is 1. The average molecular weight is 555 g/mol. The highest BCUT2D eigenvalue weighted by atomic mass is 35.5. The van der Waals surface area contributed by atoms with Crippen LogP contribution < -0.4 is 19.4 Å². The first-order valence-corrected chi connectivity index (χ1v) is 12.9. The molecule has 2 heterocycles. The zero-order chi connectivity index (χ0) is 27.8. The van der Waals surface area contributed by atoms with Gasteiger partial charge in [0, 0.05) is 5.02 Å². The monoisotopic (exact) mass is 554 g/mol. The average Bonchev–Trinajstić information content (AvgIpc) is 3.50. The van der Waals surface area contributed by atoms with E-state index in [1.165, 1.54) is 7.11 Å². The molecule has 0 spiro atoms. The number of anilines is 2. The van der Waals surface area contributed by atoms with Crippen LogP contribution in [0.4, 0.5) is 11.4 Å². The lowest BCUT2D eigenvalue weighted by Gasteiger charge is -2.29. The van der Waals surface area contributed by atoms with E-state index in [0.29, 0.717) is 33.3 Å². The van der Waals surface area contributed by atoms with Crippen LogP contribution >= 0.6 is 11.6 Å².